The van der Waals surface area contributed by atoms with E-state index in [-0.39, 0.29) is 5.70 Å². The monoisotopic (exact) mass is 179 g/mol. The maximum Gasteiger partial charge on any atom is 0.126 e. The van der Waals surface area contributed by atoms with E-state index in [0.29, 0.717) is 12.1 Å². The number of ether oxygens (including phenoxy) is 1. The molecule has 0 bridgehead atoms. The van der Waals surface area contributed by atoms with Crippen molar-refractivity contribution in [2.75, 3.05) is 0 Å². The Bertz CT molecular complexity index is 306. The van der Waals surface area contributed by atoms with Crippen LogP contribution in [0.5, 0.6) is 5.75 Å². The molecule has 1 rings (SSSR count). The van der Waals surface area contributed by atoms with E-state index < -0.39 is 0 Å². The molecule has 0 spiro atoms. The summed E-state index contributed by atoms with van der Waals surface area (Å²) >= 11 is 0. The van der Waals surface area contributed by atoms with Crippen molar-refractivity contribution in [3.63, 3.8) is 0 Å². The zero-order chi connectivity index (χ0) is 9.52. The summed E-state index contributed by atoms with van der Waals surface area (Å²) in [6.07, 6.45) is 2.76. The van der Waals surface area contributed by atoms with Gasteiger partial charge >= 0.3 is 0 Å². The summed E-state index contributed by atoms with van der Waals surface area (Å²) in [7, 11) is 0. The summed E-state index contributed by atoms with van der Waals surface area (Å²) in [5.41, 5.74) is 5.57. The third kappa shape index (κ3) is 3.42. The fourth-order valence-electron chi connectivity index (χ4n) is 0.747. The van der Waals surface area contributed by atoms with Crippen LogP contribution in [0.1, 0.15) is 0 Å². The highest BCUT2D eigenvalue weighted by Crippen LogP contribution is 2.08. The first kappa shape index (κ1) is 9.32. The van der Waals surface area contributed by atoms with Crippen molar-refractivity contribution in [1.29, 1.82) is 0 Å². The molecule has 13 heavy (non-hydrogen) atoms. The van der Waals surface area contributed by atoms with Gasteiger partial charge in [-0.1, -0.05) is 18.2 Å². The van der Waals surface area contributed by atoms with Crippen LogP contribution in [0.15, 0.2) is 54.7 Å². The largest absolute Gasteiger partial charge is 0.463 e. The molecular weight excluding hydrogens is 169 g/mol. The smallest absolute Gasteiger partial charge is 0.126 e. The molecule has 3 heteroatoms. The molecule has 0 aliphatic heterocycles. The van der Waals surface area contributed by atoms with Crippen molar-refractivity contribution >= 4 is 0 Å². The van der Waals surface area contributed by atoms with Crippen molar-refractivity contribution < 1.29 is 9.13 Å². The molecule has 0 amide bonds. The van der Waals surface area contributed by atoms with Gasteiger partial charge in [-0.15, -0.1) is 0 Å². The van der Waals surface area contributed by atoms with E-state index in [9.17, 15) is 4.39 Å². The summed E-state index contributed by atoms with van der Waals surface area (Å²) < 4.78 is 16.7. The van der Waals surface area contributed by atoms with Crippen LogP contribution >= 0.6 is 0 Å². The standard InChI is InChI=1S/C10H10FNO/c11-7-6-9(12)8-13-10-4-2-1-3-5-10/h1-8H,12H2/b7-6+,9-8-. The summed E-state index contributed by atoms with van der Waals surface area (Å²) in [6.45, 7) is 0. The summed E-state index contributed by atoms with van der Waals surface area (Å²) in [5, 5.41) is 0. The Morgan fingerprint density at radius 1 is 1.31 bits per heavy atom. The molecule has 0 atom stereocenters. The number of rotatable bonds is 3. The molecule has 1 aromatic carbocycles. The molecule has 0 aliphatic carbocycles. The number of para-hydroxylation sites is 1. The molecule has 0 radical (unpaired) electrons. The zero-order valence-corrected chi connectivity index (χ0v) is 6.98. The first-order valence-corrected chi connectivity index (χ1v) is 3.77. The van der Waals surface area contributed by atoms with Crippen molar-refractivity contribution in [3.05, 3.63) is 54.7 Å². The van der Waals surface area contributed by atoms with Crippen LogP contribution < -0.4 is 10.5 Å². The second-order valence-electron chi connectivity index (χ2n) is 2.34. The van der Waals surface area contributed by atoms with Gasteiger partial charge in [0.25, 0.3) is 0 Å². The highest BCUT2D eigenvalue weighted by Gasteiger charge is 1.87. The fourth-order valence-corrected chi connectivity index (χ4v) is 0.747. The van der Waals surface area contributed by atoms with Gasteiger partial charge in [0.05, 0.1) is 12.0 Å². The SMILES string of the molecule is NC(=C\Oc1ccccc1)/C=C/F. The minimum atomic E-state index is 0.228. The Balaban J connectivity index is 2.56. The summed E-state index contributed by atoms with van der Waals surface area (Å²) in [5.74, 6) is 0.665. The molecular formula is C10H10FNO. The van der Waals surface area contributed by atoms with Crippen molar-refractivity contribution in [3.8, 4) is 5.75 Å². The molecule has 2 N–H and O–H groups in total. The van der Waals surface area contributed by atoms with Crippen molar-refractivity contribution in [2.24, 2.45) is 5.73 Å². The van der Waals surface area contributed by atoms with Crippen molar-refractivity contribution in [1.82, 2.24) is 0 Å². The number of hydrogen-bond acceptors (Lipinski definition) is 2. The zero-order valence-electron chi connectivity index (χ0n) is 6.98. The second kappa shape index (κ2) is 4.98. The number of hydrogen-bond donors (Lipinski definition) is 1. The van der Waals surface area contributed by atoms with Crippen molar-refractivity contribution in [2.45, 2.75) is 0 Å². The van der Waals surface area contributed by atoms with E-state index in [0.717, 1.165) is 6.08 Å². The number of benzene rings is 1. The average Bonchev–Trinajstić information content (AvgIpc) is 2.17. The van der Waals surface area contributed by atoms with E-state index in [1.807, 2.05) is 18.2 Å². The van der Waals surface area contributed by atoms with Gasteiger partial charge in [0.15, 0.2) is 0 Å². The van der Waals surface area contributed by atoms with Gasteiger partial charge < -0.3 is 10.5 Å². The van der Waals surface area contributed by atoms with Gasteiger partial charge in [-0.3, -0.25) is 0 Å². The Morgan fingerprint density at radius 2 is 2.00 bits per heavy atom. The first-order valence-electron chi connectivity index (χ1n) is 3.77. The molecule has 1 aromatic rings. The summed E-state index contributed by atoms with van der Waals surface area (Å²) in [4.78, 5) is 0. The normalized spacial score (nSPS) is 11.9. The van der Waals surface area contributed by atoms with Gasteiger partial charge in [-0.2, -0.15) is 0 Å². The van der Waals surface area contributed by atoms with E-state index in [1.165, 1.54) is 6.26 Å². The highest BCUT2D eigenvalue weighted by atomic mass is 19.1. The third-order valence-corrected chi connectivity index (χ3v) is 1.33. The number of nitrogens with two attached hydrogens (primary N) is 1. The molecule has 0 aliphatic rings. The van der Waals surface area contributed by atoms with Gasteiger partial charge in [-0.05, 0) is 18.2 Å². The number of halogens is 1. The van der Waals surface area contributed by atoms with Crippen LogP contribution in [0.2, 0.25) is 0 Å². The molecule has 0 saturated heterocycles. The van der Waals surface area contributed by atoms with E-state index >= 15 is 0 Å². The summed E-state index contributed by atoms with van der Waals surface area (Å²) in [6, 6.07) is 9.11. The van der Waals surface area contributed by atoms with Gasteiger partial charge in [-0.25, -0.2) is 4.39 Å². The maximum absolute atomic E-state index is 11.6. The molecule has 0 fully saturated rings. The molecule has 0 heterocycles. The lowest BCUT2D eigenvalue weighted by atomic mass is 10.3. The van der Waals surface area contributed by atoms with Crippen LogP contribution in [0.4, 0.5) is 4.39 Å². The highest BCUT2D eigenvalue weighted by molar-refractivity contribution is 5.23. The molecule has 0 unspecified atom stereocenters. The lowest BCUT2D eigenvalue weighted by molar-refractivity contribution is 0.476. The lowest BCUT2D eigenvalue weighted by Gasteiger charge is -1.98. The predicted octanol–water partition coefficient (Wildman–Crippen LogP) is 2.35. The molecule has 2 nitrogen and oxygen atoms in total. The van der Waals surface area contributed by atoms with Gasteiger partial charge in [0.2, 0.25) is 0 Å². The average molecular weight is 179 g/mol. The molecule has 0 saturated carbocycles. The Labute approximate surface area is 76.1 Å². The molecule has 68 valence electrons. The Hall–Kier alpha value is -1.77. The maximum atomic E-state index is 11.6. The third-order valence-electron chi connectivity index (χ3n) is 1.33. The second-order valence-corrected chi connectivity index (χ2v) is 2.34. The van der Waals surface area contributed by atoms with E-state index in [2.05, 4.69) is 0 Å². The van der Waals surface area contributed by atoms with Crippen LogP contribution in [0.25, 0.3) is 0 Å². The topological polar surface area (TPSA) is 35.2 Å². The Morgan fingerprint density at radius 3 is 2.62 bits per heavy atom. The predicted molar refractivity (Wildman–Crippen MR) is 49.6 cm³/mol. The van der Waals surface area contributed by atoms with Gasteiger partial charge in [0, 0.05) is 0 Å². The number of allylic oxidation sites excluding steroid dienone is 1. The fraction of sp³-hybridized carbons (Fsp3) is 0. The quantitative estimate of drug-likeness (QED) is 0.571. The lowest BCUT2D eigenvalue weighted by Crippen LogP contribution is -1.95. The first-order chi connectivity index (χ1) is 6.33. The van der Waals surface area contributed by atoms with E-state index in [4.69, 9.17) is 10.5 Å². The molecule has 0 aromatic heterocycles. The minimum absolute atomic E-state index is 0.228. The van der Waals surface area contributed by atoms with Crippen LogP contribution in [0.3, 0.4) is 0 Å². The van der Waals surface area contributed by atoms with Gasteiger partial charge in [0.1, 0.15) is 12.0 Å². The minimum Gasteiger partial charge on any atom is -0.463 e. The van der Waals surface area contributed by atoms with E-state index in [1.54, 1.807) is 12.1 Å². The van der Waals surface area contributed by atoms with Crippen LogP contribution in [0, 0.1) is 0 Å². The van der Waals surface area contributed by atoms with Crippen LogP contribution in [-0.2, 0) is 0 Å². The Kier molecular flexibility index (Phi) is 3.57. The van der Waals surface area contributed by atoms with Crippen LogP contribution in [-0.4, -0.2) is 0 Å².